The molecule has 1 aromatic carbocycles. The average Bonchev–Trinajstić information content (AvgIpc) is 2.67. The quantitative estimate of drug-likeness (QED) is 0.556. The van der Waals surface area contributed by atoms with Crippen molar-refractivity contribution in [2.45, 2.75) is 38.7 Å². The maximum Gasteiger partial charge on any atom is 0.251 e. The van der Waals surface area contributed by atoms with Gasteiger partial charge in [-0.2, -0.15) is 0 Å². The lowest BCUT2D eigenvalue weighted by molar-refractivity contribution is -0.148. The normalized spacial score (nSPS) is 16.3. The van der Waals surface area contributed by atoms with Gasteiger partial charge in [0.15, 0.2) is 0 Å². The molecule has 1 heterocycles. The van der Waals surface area contributed by atoms with Crippen LogP contribution < -0.4 is 0 Å². The summed E-state index contributed by atoms with van der Waals surface area (Å²) in [5.41, 5.74) is 0.432. The van der Waals surface area contributed by atoms with Crippen LogP contribution in [0.2, 0.25) is 0 Å². The van der Waals surface area contributed by atoms with Crippen LogP contribution in [0.25, 0.3) is 0 Å². The molecule has 5 heteroatoms. The van der Waals surface area contributed by atoms with Crippen molar-refractivity contribution in [3.05, 3.63) is 48.6 Å². The Hall–Kier alpha value is -2.14. The minimum absolute atomic E-state index is 0.0107. The van der Waals surface area contributed by atoms with Gasteiger partial charge in [0.1, 0.15) is 6.10 Å². The first-order chi connectivity index (χ1) is 12.4. The van der Waals surface area contributed by atoms with Gasteiger partial charge < -0.3 is 14.5 Å². The van der Waals surface area contributed by atoms with Crippen LogP contribution in [0.4, 0.5) is 0 Å². The molecule has 0 radical (unpaired) electrons. The van der Waals surface area contributed by atoms with Crippen LogP contribution in [0.5, 0.6) is 0 Å². The van der Waals surface area contributed by atoms with E-state index in [0.717, 1.165) is 12.0 Å². The van der Waals surface area contributed by atoms with E-state index in [1.807, 2.05) is 49.1 Å². The van der Waals surface area contributed by atoms with Crippen LogP contribution in [0.3, 0.4) is 0 Å². The van der Waals surface area contributed by atoms with E-state index >= 15 is 0 Å². The van der Waals surface area contributed by atoms with Crippen LogP contribution >= 0.6 is 0 Å². The molecule has 26 heavy (non-hydrogen) atoms. The van der Waals surface area contributed by atoms with Gasteiger partial charge in [-0.1, -0.05) is 36.4 Å². The predicted molar refractivity (Wildman–Crippen MR) is 103 cm³/mol. The van der Waals surface area contributed by atoms with Gasteiger partial charge in [-0.05, 0) is 32.8 Å². The van der Waals surface area contributed by atoms with Crippen LogP contribution in [0.15, 0.2) is 43.0 Å². The van der Waals surface area contributed by atoms with Crippen molar-refractivity contribution in [1.82, 2.24) is 9.80 Å². The first kappa shape index (κ1) is 20.2. The molecule has 1 fully saturated rings. The second kappa shape index (κ2) is 8.99. The summed E-state index contributed by atoms with van der Waals surface area (Å²) < 4.78 is 5.54. The SMILES string of the molecule is C=CCCOC(C)C(=O)N1CCN(C(=O)C(C)(C)c2ccccc2)CC1. The van der Waals surface area contributed by atoms with E-state index in [-0.39, 0.29) is 11.8 Å². The molecule has 0 aliphatic carbocycles. The number of ether oxygens (including phenoxy) is 1. The Kier molecular flexibility index (Phi) is 6.98. The molecule has 1 aliphatic rings. The molecule has 0 bridgehead atoms. The molecule has 0 aromatic heterocycles. The van der Waals surface area contributed by atoms with E-state index in [2.05, 4.69) is 6.58 Å². The highest BCUT2D eigenvalue weighted by Crippen LogP contribution is 2.26. The van der Waals surface area contributed by atoms with Gasteiger partial charge in [0, 0.05) is 26.2 Å². The van der Waals surface area contributed by atoms with Gasteiger partial charge in [0.25, 0.3) is 5.91 Å². The molecule has 1 atom stereocenters. The number of rotatable bonds is 7. The zero-order valence-corrected chi connectivity index (χ0v) is 16.1. The lowest BCUT2D eigenvalue weighted by atomic mass is 9.83. The van der Waals surface area contributed by atoms with Crippen LogP contribution in [-0.2, 0) is 19.7 Å². The highest BCUT2D eigenvalue weighted by Gasteiger charge is 2.36. The minimum Gasteiger partial charge on any atom is -0.368 e. The summed E-state index contributed by atoms with van der Waals surface area (Å²) in [6, 6.07) is 9.83. The Balaban J connectivity index is 1.90. The molecule has 0 spiro atoms. The highest BCUT2D eigenvalue weighted by atomic mass is 16.5. The van der Waals surface area contributed by atoms with Crippen molar-refractivity contribution in [3.63, 3.8) is 0 Å². The average molecular weight is 358 g/mol. The van der Waals surface area contributed by atoms with Crippen molar-refractivity contribution in [1.29, 1.82) is 0 Å². The number of carbonyl (C=O) groups excluding carboxylic acids is 2. The van der Waals surface area contributed by atoms with Crippen LogP contribution in [-0.4, -0.2) is 60.5 Å². The maximum absolute atomic E-state index is 13.0. The lowest BCUT2D eigenvalue weighted by Gasteiger charge is -2.39. The van der Waals surface area contributed by atoms with E-state index in [0.29, 0.717) is 32.8 Å². The summed E-state index contributed by atoms with van der Waals surface area (Å²) in [5, 5.41) is 0. The highest BCUT2D eigenvalue weighted by molar-refractivity contribution is 5.88. The van der Waals surface area contributed by atoms with Crippen molar-refractivity contribution >= 4 is 11.8 Å². The van der Waals surface area contributed by atoms with Gasteiger partial charge >= 0.3 is 0 Å². The first-order valence-corrected chi connectivity index (χ1v) is 9.24. The first-order valence-electron chi connectivity index (χ1n) is 9.24. The zero-order valence-electron chi connectivity index (χ0n) is 16.1. The molecule has 5 nitrogen and oxygen atoms in total. The van der Waals surface area contributed by atoms with E-state index in [4.69, 9.17) is 4.74 Å². The third-order valence-corrected chi connectivity index (χ3v) is 4.95. The number of benzene rings is 1. The molecule has 1 aromatic rings. The molecule has 1 aliphatic heterocycles. The number of piperazine rings is 1. The third-order valence-electron chi connectivity index (χ3n) is 4.95. The van der Waals surface area contributed by atoms with Crippen molar-refractivity contribution in [2.75, 3.05) is 32.8 Å². The Bertz CT molecular complexity index is 619. The summed E-state index contributed by atoms with van der Waals surface area (Å²) in [5.74, 6) is 0.0922. The van der Waals surface area contributed by atoms with Gasteiger partial charge in [0.05, 0.1) is 12.0 Å². The standard InChI is InChI=1S/C21H30N2O3/c1-5-6-16-26-17(2)19(24)22-12-14-23(15-13-22)20(25)21(3,4)18-10-8-7-9-11-18/h5,7-11,17H,1,6,12-16H2,2-4H3. The van der Waals surface area contributed by atoms with Crippen LogP contribution in [0, 0.1) is 0 Å². The Morgan fingerprint density at radius 2 is 1.73 bits per heavy atom. The number of carbonyl (C=O) groups is 2. The number of amides is 2. The van der Waals surface area contributed by atoms with E-state index in [1.54, 1.807) is 17.9 Å². The molecule has 0 N–H and O–H groups in total. The summed E-state index contributed by atoms with van der Waals surface area (Å²) in [6.45, 7) is 12.0. The fraction of sp³-hybridized carbons (Fsp3) is 0.524. The molecule has 0 saturated carbocycles. The van der Waals surface area contributed by atoms with Gasteiger partial charge in [-0.3, -0.25) is 9.59 Å². The number of nitrogens with zero attached hydrogens (tertiary/aromatic N) is 2. The minimum atomic E-state index is -0.575. The summed E-state index contributed by atoms with van der Waals surface area (Å²) >= 11 is 0. The Morgan fingerprint density at radius 3 is 2.31 bits per heavy atom. The smallest absolute Gasteiger partial charge is 0.251 e. The summed E-state index contributed by atoms with van der Waals surface area (Å²) in [4.78, 5) is 29.1. The Labute approximate surface area is 156 Å². The Morgan fingerprint density at radius 1 is 1.15 bits per heavy atom. The lowest BCUT2D eigenvalue weighted by Crippen LogP contribution is -2.55. The monoisotopic (exact) mass is 358 g/mol. The molecular formula is C21H30N2O3. The molecular weight excluding hydrogens is 328 g/mol. The van der Waals surface area contributed by atoms with E-state index < -0.39 is 11.5 Å². The number of hydrogen-bond acceptors (Lipinski definition) is 3. The number of hydrogen-bond donors (Lipinski definition) is 0. The van der Waals surface area contributed by atoms with Gasteiger partial charge in [0.2, 0.25) is 5.91 Å². The van der Waals surface area contributed by atoms with Gasteiger partial charge in [-0.15, -0.1) is 6.58 Å². The van der Waals surface area contributed by atoms with Gasteiger partial charge in [-0.25, -0.2) is 0 Å². The fourth-order valence-electron chi connectivity index (χ4n) is 3.16. The largest absolute Gasteiger partial charge is 0.368 e. The topological polar surface area (TPSA) is 49.9 Å². The van der Waals surface area contributed by atoms with Crippen molar-refractivity contribution in [2.24, 2.45) is 0 Å². The van der Waals surface area contributed by atoms with Crippen LogP contribution in [0.1, 0.15) is 32.8 Å². The molecule has 2 rings (SSSR count). The van der Waals surface area contributed by atoms with E-state index in [1.165, 1.54) is 0 Å². The fourth-order valence-corrected chi connectivity index (χ4v) is 3.16. The zero-order chi connectivity index (χ0) is 19.2. The molecule has 1 unspecified atom stereocenters. The summed E-state index contributed by atoms with van der Waals surface area (Å²) in [6.07, 6.45) is 2.04. The maximum atomic E-state index is 13.0. The predicted octanol–water partition coefficient (Wildman–Crippen LogP) is 2.62. The molecule has 142 valence electrons. The van der Waals surface area contributed by atoms with Crippen molar-refractivity contribution in [3.8, 4) is 0 Å². The second-order valence-corrected chi connectivity index (χ2v) is 7.20. The van der Waals surface area contributed by atoms with E-state index in [9.17, 15) is 9.59 Å². The second-order valence-electron chi connectivity index (χ2n) is 7.20. The molecule has 1 saturated heterocycles. The molecule has 2 amide bonds. The third kappa shape index (κ3) is 4.73. The summed E-state index contributed by atoms with van der Waals surface area (Å²) in [7, 11) is 0. The van der Waals surface area contributed by atoms with Crippen molar-refractivity contribution < 1.29 is 14.3 Å².